The Kier molecular flexibility index (Phi) is 5.86. The van der Waals surface area contributed by atoms with Gasteiger partial charge in [-0.25, -0.2) is 0 Å². The van der Waals surface area contributed by atoms with Gasteiger partial charge in [0.2, 0.25) is 0 Å². The lowest BCUT2D eigenvalue weighted by Gasteiger charge is -2.25. The molecule has 0 aromatic rings. The lowest BCUT2D eigenvalue weighted by atomic mass is 9.83. The van der Waals surface area contributed by atoms with Gasteiger partial charge >= 0.3 is 5.97 Å². The Morgan fingerprint density at radius 3 is 2.62 bits per heavy atom. The number of esters is 1. The highest BCUT2D eigenvalue weighted by Gasteiger charge is 2.25. The third-order valence-corrected chi connectivity index (χ3v) is 3.38. The first-order valence-corrected chi connectivity index (χ1v) is 6.63. The molecule has 1 aliphatic carbocycles. The SMILES string of the molecule is [CH2]CC1CCCCCC(C(=O)OC(C)C)C1. The molecule has 2 nitrogen and oxygen atoms in total. The van der Waals surface area contributed by atoms with E-state index in [0.29, 0.717) is 5.92 Å². The summed E-state index contributed by atoms with van der Waals surface area (Å²) in [5.41, 5.74) is 0. The minimum Gasteiger partial charge on any atom is -0.463 e. The van der Waals surface area contributed by atoms with Crippen molar-refractivity contribution in [1.82, 2.24) is 0 Å². The molecule has 0 heterocycles. The second-order valence-electron chi connectivity index (χ2n) is 5.21. The van der Waals surface area contributed by atoms with E-state index in [0.717, 1.165) is 19.3 Å². The number of carbonyl (C=O) groups is 1. The zero-order chi connectivity index (χ0) is 12.0. The molecule has 1 fully saturated rings. The molecule has 1 saturated carbocycles. The average Bonchev–Trinajstić information content (AvgIpc) is 2.16. The summed E-state index contributed by atoms with van der Waals surface area (Å²) >= 11 is 0. The van der Waals surface area contributed by atoms with Gasteiger partial charge < -0.3 is 4.74 Å². The number of ether oxygens (including phenoxy) is 1. The van der Waals surface area contributed by atoms with E-state index >= 15 is 0 Å². The highest BCUT2D eigenvalue weighted by molar-refractivity contribution is 5.72. The Balaban J connectivity index is 2.50. The maximum absolute atomic E-state index is 11.9. The van der Waals surface area contributed by atoms with Crippen LogP contribution in [0.4, 0.5) is 0 Å². The molecule has 93 valence electrons. The van der Waals surface area contributed by atoms with Crippen LogP contribution in [0, 0.1) is 18.8 Å². The van der Waals surface area contributed by atoms with Crippen LogP contribution in [-0.2, 0) is 9.53 Å². The molecular weight excluding hydrogens is 200 g/mol. The molecule has 1 aliphatic rings. The Hall–Kier alpha value is -0.530. The molecule has 0 bridgehead atoms. The van der Waals surface area contributed by atoms with E-state index in [4.69, 9.17) is 4.74 Å². The van der Waals surface area contributed by atoms with Crippen molar-refractivity contribution in [2.75, 3.05) is 0 Å². The van der Waals surface area contributed by atoms with Gasteiger partial charge in [0.1, 0.15) is 0 Å². The fraction of sp³-hybridized carbons (Fsp3) is 0.857. The van der Waals surface area contributed by atoms with Gasteiger partial charge in [-0.1, -0.05) is 39.0 Å². The normalized spacial score (nSPS) is 27.2. The molecule has 2 heteroatoms. The van der Waals surface area contributed by atoms with Crippen molar-refractivity contribution in [2.24, 2.45) is 11.8 Å². The summed E-state index contributed by atoms with van der Waals surface area (Å²) in [4.78, 5) is 11.9. The Morgan fingerprint density at radius 2 is 2.00 bits per heavy atom. The molecule has 2 atom stereocenters. The third kappa shape index (κ3) is 4.54. The molecular formula is C14H25O2. The zero-order valence-corrected chi connectivity index (χ0v) is 10.7. The Bertz CT molecular complexity index is 211. The van der Waals surface area contributed by atoms with E-state index in [1.807, 2.05) is 13.8 Å². The standard InChI is InChI=1S/C14H25O2/c1-4-12-8-6-5-7-9-13(10-12)14(15)16-11(2)3/h11-13H,1,4-10H2,2-3H3. The predicted octanol–water partition coefficient (Wildman–Crippen LogP) is 3.75. The summed E-state index contributed by atoms with van der Waals surface area (Å²) < 4.78 is 5.32. The first-order chi connectivity index (χ1) is 7.63. The largest absolute Gasteiger partial charge is 0.463 e. The van der Waals surface area contributed by atoms with Crippen LogP contribution in [-0.4, -0.2) is 12.1 Å². The van der Waals surface area contributed by atoms with Crippen LogP contribution in [0.2, 0.25) is 0 Å². The summed E-state index contributed by atoms with van der Waals surface area (Å²) in [7, 11) is 0. The molecule has 0 aromatic heterocycles. The van der Waals surface area contributed by atoms with Crippen molar-refractivity contribution in [3.05, 3.63) is 6.92 Å². The van der Waals surface area contributed by atoms with Gasteiger partial charge in [0.05, 0.1) is 12.0 Å². The minimum atomic E-state index is 0.00958. The summed E-state index contributed by atoms with van der Waals surface area (Å²) in [6, 6.07) is 0. The van der Waals surface area contributed by atoms with E-state index in [1.54, 1.807) is 0 Å². The van der Waals surface area contributed by atoms with Gasteiger partial charge in [-0.15, -0.1) is 0 Å². The molecule has 0 N–H and O–H groups in total. The second kappa shape index (κ2) is 6.93. The van der Waals surface area contributed by atoms with Crippen LogP contribution in [0.25, 0.3) is 0 Å². The van der Waals surface area contributed by atoms with Crippen LogP contribution < -0.4 is 0 Å². The summed E-state index contributed by atoms with van der Waals surface area (Å²) in [5.74, 6) is 0.745. The second-order valence-corrected chi connectivity index (χ2v) is 5.21. The number of hydrogen-bond donors (Lipinski definition) is 0. The highest BCUT2D eigenvalue weighted by atomic mass is 16.5. The van der Waals surface area contributed by atoms with Crippen LogP contribution in [0.1, 0.15) is 58.8 Å². The molecule has 0 aromatic carbocycles. The molecule has 0 spiro atoms. The van der Waals surface area contributed by atoms with Gasteiger partial charge in [-0.2, -0.15) is 0 Å². The number of carbonyl (C=O) groups excluding carboxylic acids is 1. The summed E-state index contributed by atoms with van der Waals surface area (Å²) in [6.07, 6.45) is 7.89. The van der Waals surface area contributed by atoms with E-state index in [9.17, 15) is 4.79 Å². The summed E-state index contributed by atoms with van der Waals surface area (Å²) in [5, 5.41) is 0. The lowest BCUT2D eigenvalue weighted by Crippen LogP contribution is -2.24. The number of hydrogen-bond acceptors (Lipinski definition) is 2. The van der Waals surface area contributed by atoms with Crippen molar-refractivity contribution in [3.8, 4) is 0 Å². The van der Waals surface area contributed by atoms with Crippen molar-refractivity contribution in [3.63, 3.8) is 0 Å². The van der Waals surface area contributed by atoms with E-state index in [1.165, 1.54) is 25.7 Å². The van der Waals surface area contributed by atoms with E-state index < -0.39 is 0 Å². The minimum absolute atomic E-state index is 0.00958. The zero-order valence-electron chi connectivity index (χ0n) is 10.7. The van der Waals surface area contributed by atoms with Crippen LogP contribution in [0.3, 0.4) is 0 Å². The molecule has 16 heavy (non-hydrogen) atoms. The van der Waals surface area contributed by atoms with Gasteiger partial charge in [-0.3, -0.25) is 4.79 Å². The van der Waals surface area contributed by atoms with Gasteiger partial charge in [-0.05, 0) is 32.6 Å². The quantitative estimate of drug-likeness (QED) is 0.684. The molecule has 1 radical (unpaired) electrons. The Labute approximate surface area is 99.8 Å². The van der Waals surface area contributed by atoms with Gasteiger partial charge in [0.15, 0.2) is 0 Å². The maximum atomic E-state index is 11.9. The van der Waals surface area contributed by atoms with Crippen LogP contribution in [0.5, 0.6) is 0 Å². The van der Waals surface area contributed by atoms with Gasteiger partial charge in [0.25, 0.3) is 0 Å². The average molecular weight is 225 g/mol. The molecule has 0 amide bonds. The van der Waals surface area contributed by atoms with E-state index in [-0.39, 0.29) is 18.0 Å². The smallest absolute Gasteiger partial charge is 0.309 e. The maximum Gasteiger partial charge on any atom is 0.309 e. The van der Waals surface area contributed by atoms with Crippen LogP contribution in [0.15, 0.2) is 0 Å². The monoisotopic (exact) mass is 225 g/mol. The van der Waals surface area contributed by atoms with Crippen molar-refractivity contribution >= 4 is 5.97 Å². The van der Waals surface area contributed by atoms with Gasteiger partial charge in [0, 0.05) is 0 Å². The molecule has 2 unspecified atom stereocenters. The first-order valence-electron chi connectivity index (χ1n) is 6.63. The fourth-order valence-corrected chi connectivity index (χ4v) is 2.44. The highest BCUT2D eigenvalue weighted by Crippen LogP contribution is 2.29. The van der Waals surface area contributed by atoms with Crippen molar-refractivity contribution in [2.45, 2.75) is 64.9 Å². The Morgan fingerprint density at radius 1 is 1.31 bits per heavy atom. The van der Waals surface area contributed by atoms with Crippen molar-refractivity contribution < 1.29 is 9.53 Å². The predicted molar refractivity (Wildman–Crippen MR) is 65.9 cm³/mol. The third-order valence-electron chi connectivity index (χ3n) is 3.38. The first kappa shape index (κ1) is 13.5. The van der Waals surface area contributed by atoms with Crippen molar-refractivity contribution in [1.29, 1.82) is 0 Å². The summed E-state index contributed by atoms with van der Waals surface area (Å²) in [6.45, 7) is 7.82. The van der Waals surface area contributed by atoms with E-state index in [2.05, 4.69) is 6.92 Å². The molecule has 0 aliphatic heterocycles. The topological polar surface area (TPSA) is 26.3 Å². The molecule has 1 rings (SSSR count). The fourth-order valence-electron chi connectivity index (χ4n) is 2.44. The number of rotatable bonds is 3. The van der Waals surface area contributed by atoms with Crippen LogP contribution >= 0.6 is 0 Å². The molecule has 0 saturated heterocycles. The lowest BCUT2D eigenvalue weighted by molar-refractivity contribution is -0.153.